The van der Waals surface area contributed by atoms with E-state index in [0.29, 0.717) is 12.6 Å². The van der Waals surface area contributed by atoms with Crippen LogP contribution in [0, 0.1) is 0 Å². The number of hydrogen-bond acceptors (Lipinski definition) is 5. The van der Waals surface area contributed by atoms with E-state index in [9.17, 15) is 0 Å². The molecule has 0 amide bonds. The first-order chi connectivity index (χ1) is 14.5. The Morgan fingerprint density at radius 1 is 1.30 bits per heavy atom. The molecule has 5 rings (SSSR count). The highest BCUT2D eigenvalue weighted by atomic mass is 35.5. The summed E-state index contributed by atoms with van der Waals surface area (Å²) in [6, 6.07) is 0.367. The largest absolute Gasteiger partial charge is 0.382 e. The van der Waals surface area contributed by atoms with E-state index < -0.39 is 6.17 Å². The molecule has 1 aliphatic carbocycles. The van der Waals surface area contributed by atoms with Crippen LogP contribution in [0.3, 0.4) is 0 Å². The van der Waals surface area contributed by atoms with E-state index in [1.165, 1.54) is 0 Å². The molecule has 0 saturated carbocycles. The Bertz CT molecular complexity index is 970. The monoisotopic (exact) mass is 431 g/mol. The molecule has 160 valence electrons. The second-order valence-corrected chi connectivity index (χ2v) is 9.10. The smallest absolute Gasteiger partial charge is 0.135 e. The SMILES string of the molecule is CC(C)Nc1c(-c2cnn([C@H]3CCN(C4COC4)C[C@@H]3F)c2)cnc2c1C(Cl)=CC2. The lowest BCUT2D eigenvalue weighted by Gasteiger charge is -2.42. The van der Waals surface area contributed by atoms with Crippen molar-refractivity contribution in [2.75, 3.05) is 31.6 Å². The maximum absolute atomic E-state index is 15.0. The number of aromatic nitrogens is 3. The number of nitrogens with zero attached hydrogens (tertiary/aromatic N) is 4. The van der Waals surface area contributed by atoms with Crippen molar-refractivity contribution >= 4 is 22.3 Å². The number of likely N-dealkylation sites (tertiary alicyclic amines) is 1. The highest BCUT2D eigenvalue weighted by Crippen LogP contribution is 2.41. The Kier molecular flexibility index (Phi) is 5.29. The second kappa shape index (κ2) is 7.94. The summed E-state index contributed by atoms with van der Waals surface area (Å²) in [7, 11) is 0. The number of piperidine rings is 1. The predicted molar refractivity (Wildman–Crippen MR) is 116 cm³/mol. The van der Waals surface area contributed by atoms with E-state index in [1.54, 1.807) is 10.9 Å². The van der Waals surface area contributed by atoms with Crippen molar-refractivity contribution in [2.45, 2.75) is 51.0 Å². The Balaban J connectivity index is 1.42. The quantitative estimate of drug-likeness (QED) is 0.778. The predicted octanol–water partition coefficient (Wildman–Crippen LogP) is 3.88. The van der Waals surface area contributed by atoms with E-state index in [-0.39, 0.29) is 12.1 Å². The van der Waals surface area contributed by atoms with Crippen molar-refractivity contribution < 1.29 is 9.13 Å². The fourth-order valence-corrected chi connectivity index (χ4v) is 4.83. The minimum atomic E-state index is -0.948. The zero-order valence-electron chi connectivity index (χ0n) is 17.3. The van der Waals surface area contributed by atoms with Crippen molar-refractivity contribution in [3.05, 3.63) is 35.9 Å². The van der Waals surface area contributed by atoms with E-state index in [4.69, 9.17) is 16.3 Å². The van der Waals surface area contributed by atoms with Crippen LogP contribution in [0.25, 0.3) is 16.2 Å². The van der Waals surface area contributed by atoms with Crippen LogP contribution >= 0.6 is 11.6 Å². The van der Waals surface area contributed by atoms with Crippen molar-refractivity contribution in [3.8, 4) is 11.1 Å². The van der Waals surface area contributed by atoms with Gasteiger partial charge in [-0.2, -0.15) is 5.10 Å². The van der Waals surface area contributed by atoms with Crippen LogP contribution in [-0.4, -0.2) is 64.2 Å². The maximum atomic E-state index is 15.0. The molecule has 2 atom stereocenters. The summed E-state index contributed by atoms with van der Waals surface area (Å²) in [4.78, 5) is 6.84. The Labute approximate surface area is 181 Å². The third-order valence-electron chi connectivity index (χ3n) is 6.23. The third-order valence-corrected chi connectivity index (χ3v) is 6.57. The van der Waals surface area contributed by atoms with Crippen LogP contribution < -0.4 is 5.32 Å². The number of pyridine rings is 1. The van der Waals surface area contributed by atoms with Crippen LogP contribution in [-0.2, 0) is 11.2 Å². The van der Waals surface area contributed by atoms with E-state index in [1.807, 2.05) is 18.5 Å². The number of rotatable bonds is 5. The number of fused-ring (bicyclic) bond motifs is 1. The zero-order valence-corrected chi connectivity index (χ0v) is 18.1. The van der Waals surface area contributed by atoms with Crippen LogP contribution in [0.4, 0.5) is 10.1 Å². The van der Waals surface area contributed by atoms with Gasteiger partial charge in [0.25, 0.3) is 0 Å². The summed E-state index contributed by atoms with van der Waals surface area (Å²) >= 11 is 6.49. The Morgan fingerprint density at radius 3 is 2.83 bits per heavy atom. The molecule has 8 heteroatoms. The van der Waals surface area contributed by atoms with Gasteiger partial charge in [0.1, 0.15) is 6.17 Å². The number of ether oxygens (including phenoxy) is 1. The molecule has 2 fully saturated rings. The number of alkyl halides is 1. The number of nitrogens with one attached hydrogen (secondary N) is 1. The maximum Gasteiger partial charge on any atom is 0.135 e. The molecule has 6 nitrogen and oxygen atoms in total. The van der Waals surface area contributed by atoms with Gasteiger partial charge in [-0.25, -0.2) is 4.39 Å². The van der Waals surface area contributed by atoms with Crippen LogP contribution in [0.1, 0.15) is 37.6 Å². The highest BCUT2D eigenvalue weighted by molar-refractivity contribution is 6.50. The van der Waals surface area contributed by atoms with Gasteiger partial charge in [-0.05, 0) is 20.3 Å². The van der Waals surface area contributed by atoms with Crippen LogP contribution in [0.5, 0.6) is 0 Å². The highest BCUT2D eigenvalue weighted by Gasteiger charge is 2.36. The summed E-state index contributed by atoms with van der Waals surface area (Å²) in [5, 5.41) is 8.80. The van der Waals surface area contributed by atoms with Gasteiger partial charge in [-0.15, -0.1) is 0 Å². The van der Waals surface area contributed by atoms with E-state index in [2.05, 4.69) is 34.1 Å². The number of halogens is 2. The standard InChI is InChI=1S/C22H27ClFN5O/c1-13(2)27-22-16(8-25-19-4-3-17(23)21(19)22)14-7-26-29(9-14)20-5-6-28(10-18(20)24)15-11-30-12-15/h3,7-9,13,15,18,20H,4-6,10-12H2,1-2H3,(H,25,27)/t18-,20-/m0/s1. The van der Waals surface area contributed by atoms with Gasteiger partial charge in [0.2, 0.25) is 0 Å². The van der Waals surface area contributed by atoms with Crippen molar-refractivity contribution in [3.63, 3.8) is 0 Å². The molecule has 1 N–H and O–H groups in total. The molecular weight excluding hydrogens is 405 g/mol. The summed E-state index contributed by atoms with van der Waals surface area (Å²) < 4.78 is 22.1. The average Bonchev–Trinajstić information content (AvgIpc) is 3.28. The molecule has 4 heterocycles. The molecule has 0 aromatic carbocycles. The fraction of sp³-hybridized carbons (Fsp3) is 0.545. The Morgan fingerprint density at radius 2 is 2.13 bits per heavy atom. The van der Waals surface area contributed by atoms with Gasteiger partial charge in [0.15, 0.2) is 0 Å². The molecule has 2 saturated heterocycles. The minimum Gasteiger partial charge on any atom is -0.382 e. The molecule has 2 aliphatic heterocycles. The summed E-state index contributed by atoms with van der Waals surface area (Å²) in [5.41, 5.74) is 4.80. The fourth-order valence-electron chi connectivity index (χ4n) is 4.55. The van der Waals surface area contributed by atoms with E-state index in [0.717, 1.165) is 65.7 Å². The Hall–Kier alpha value is -1.96. The molecule has 0 radical (unpaired) electrons. The average molecular weight is 432 g/mol. The second-order valence-electron chi connectivity index (χ2n) is 8.69. The van der Waals surface area contributed by atoms with Crippen LogP contribution in [0.15, 0.2) is 24.7 Å². The molecule has 0 spiro atoms. The van der Waals surface area contributed by atoms with Gasteiger partial charge in [0, 0.05) is 59.7 Å². The van der Waals surface area contributed by atoms with Crippen LogP contribution in [0.2, 0.25) is 0 Å². The third kappa shape index (κ3) is 3.53. The molecule has 0 bridgehead atoms. The number of hydrogen-bond donors (Lipinski definition) is 1. The van der Waals surface area contributed by atoms with Gasteiger partial charge < -0.3 is 10.1 Å². The van der Waals surface area contributed by atoms with Gasteiger partial charge >= 0.3 is 0 Å². The first kappa shape index (κ1) is 20.0. The number of anilines is 1. The topological polar surface area (TPSA) is 55.2 Å². The van der Waals surface area contributed by atoms with E-state index >= 15 is 4.39 Å². The first-order valence-electron chi connectivity index (χ1n) is 10.7. The summed E-state index contributed by atoms with van der Waals surface area (Å²) in [5.74, 6) is 0. The summed E-state index contributed by atoms with van der Waals surface area (Å²) in [6.45, 7) is 6.95. The van der Waals surface area contributed by atoms with Crippen molar-refractivity contribution in [1.82, 2.24) is 19.7 Å². The van der Waals surface area contributed by atoms with Crippen molar-refractivity contribution in [1.29, 1.82) is 0 Å². The lowest BCUT2D eigenvalue weighted by molar-refractivity contribution is -0.0847. The van der Waals surface area contributed by atoms with Gasteiger partial charge in [0.05, 0.1) is 42.9 Å². The molecule has 3 aliphatic rings. The molecular formula is C22H27ClFN5O. The van der Waals surface area contributed by atoms with Gasteiger partial charge in [-0.1, -0.05) is 17.7 Å². The lowest BCUT2D eigenvalue weighted by Crippen LogP contribution is -2.55. The molecule has 2 aromatic heterocycles. The molecule has 0 unspecified atom stereocenters. The summed E-state index contributed by atoms with van der Waals surface area (Å²) in [6.07, 6.45) is 8.16. The molecule has 30 heavy (non-hydrogen) atoms. The first-order valence-corrected chi connectivity index (χ1v) is 11.0. The lowest BCUT2D eigenvalue weighted by atomic mass is 10.0. The van der Waals surface area contributed by atoms with Gasteiger partial charge in [-0.3, -0.25) is 14.6 Å². The molecule has 2 aromatic rings. The minimum absolute atomic E-state index is 0.241. The zero-order chi connectivity index (χ0) is 20.8. The van der Waals surface area contributed by atoms with Crippen molar-refractivity contribution in [2.24, 2.45) is 0 Å². The normalized spacial score (nSPS) is 24.6. The number of allylic oxidation sites excluding steroid dienone is 1.